The minimum absolute atomic E-state index is 0.166. The summed E-state index contributed by atoms with van der Waals surface area (Å²) in [5, 5.41) is 9.93. The Balaban J connectivity index is 2.24. The SMILES string of the molecule is Cc1c(Sc2ccccc2S(C)(=O)=O)c2cc(NS(C)(=O)=O)ccc2n1CC(=O)O. The van der Waals surface area contributed by atoms with Gasteiger partial charge >= 0.3 is 5.97 Å². The summed E-state index contributed by atoms with van der Waals surface area (Å²) < 4.78 is 51.6. The normalized spacial score (nSPS) is 12.2. The highest BCUT2D eigenvalue weighted by atomic mass is 32.2. The van der Waals surface area contributed by atoms with Crippen molar-refractivity contribution in [2.75, 3.05) is 17.2 Å². The van der Waals surface area contributed by atoms with E-state index in [9.17, 15) is 26.7 Å². The molecule has 1 aromatic heterocycles. The summed E-state index contributed by atoms with van der Waals surface area (Å²) in [6.45, 7) is 1.47. The molecule has 2 N–H and O–H groups in total. The van der Waals surface area contributed by atoms with Gasteiger partial charge in [-0.1, -0.05) is 23.9 Å². The third kappa shape index (κ3) is 4.79. The highest BCUT2D eigenvalue weighted by Crippen LogP contribution is 2.41. The first-order chi connectivity index (χ1) is 13.9. The Hall–Kier alpha value is -2.50. The van der Waals surface area contributed by atoms with Crippen molar-refractivity contribution in [2.24, 2.45) is 0 Å². The Morgan fingerprint density at radius 2 is 1.77 bits per heavy atom. The molecule has 0 aliphatic carbocycles. The lowest BCUT2D eigenvalue weighted by Gasteiger charge is -2.09. The molecule has 0 saturated carbocycles. The van der Waals surface area contributed by atoms with Gasteiger partial charge in [0.15, 0.2) is 9.84 Å². The van der Waals surface area contributed by atoms with E-state index in [1.54, 1.807) is 47.9 Å². The molecule has 3 rings (SSSR count). The van der Waals surface area contributed by atoms with Crippen LogP contribution in [0, 0.1) is 6.92 Å². The maximum Gasteiger partial charge on any atom is 0.323 e. The summed E-state index contributed by atoms with van der Waals surface area (Å²) in [5.41, 5.74) is 1.57. The zero-order valence-corrected chi connectivity index (χ0v) is 18.9. The van der Waals surface area contributed by atoms with Crippen LogP contribution in [0.25, 0.3) is 10.9 Å². The van der Waals surface area contributed by atoms with Crippen LogP contribution in [-0.2, 0) is 31.2 Å². The van der Waals surface area contributed by atoms with Crippen molar-refractivity contribution in [2.45, 2.75) is 28.2 Å². The van der Waals surface area contributed by atoms with Gasteiger partial charge in [0.25, 0.3) is 0 Å². The van der Waals surface area contributed by atoms with E-state index in [-0.39, 0.29) is 11.4 Å². The quantitative estimate of drug-likeness (QED) is 0.546. The smallest absolute Gasteiger partial charge is 0.323 e. The topological polar surface area (TPSA) is 123 Å². The van der Waals surface area contributed by atoms with E-state index < -0.39 is 25.8 Å². The third-order valence-corrected chi connectivity index (χ3v) is 7.51. The van der Waals surface area contributed by atoms with Gasteiger partial charge in [0.05, 0.1) is 16.7 Å². The van der Waals surface area contributed by atoms with Crippen molar-refractivity contribution in [3.8, 4) is 0 Å². The summed E-state index contributed by atoms with van der Waals surface area (Å²) >= 11 is 1.20. The van der Waals surface area contributed by atoms with Crippen molar-refractivity contribution >= 4 is 54.2 Å². The third-order valence-electron chi connectivity index (χ3n) is 4.32. The van der Waals surface area contributed by atoms with Gasteiger partial charge in [0.2, 0.25) is 10.0 Å². The summed E-state index contributed by atoms with van der Waals surface area (Å²) in [6.07, 6.45) is 2.16. The predicted octanol–water partition coefficient (Wildman–Crippen LogP) is 2.96. The zero-order valence-electron chi connectivity index (χ0n) is 16.4. The molecule has 0 saturated heterocycles. The van der Waals surface area contributed by atoms with Gasteiger partial charge in [0, 0.05) is 32.8 Å². The summed E-state index contributed by atoms with van der Waals surface area (Å²) in [4.78, 5) is 12.7. The Bertz CT molecular complexity index is 1360. The summed E-state index contributed by atoms with van der Waals surface area (Å²) in [7, 11) is -6.98. The number of sulfone groups is 1. The lowest BCUT2D eigenvalue weighted by atomic mass is 10.2. The molecule has 160 valence electrons. The molecule has 0 bridgehead atoms. The van der Waals surface area contributed by atoms with E-state index in [0.717, 1.165) is 12.5 Å². The number of carboxylic acids is 1. The number of rotatable bonds is 7. The number of sulfonamides is 1. The van der Waals surface area contributed by atoms with Gasteiger partial charge < -0.3 is 9.67 Å². The first-order valence-corrected chi connectivity index (χ1v) is 13.3. The van der Waals surface area contributed by atoms with E-state index in [4.69, 9.17) is 0 Å². The Labute approximate surface area is 178 Å². The number of aromatic nitrogens is 1. The Morgan fingerprint density at radius 3 is 2.37 bits per heavy atom. The van der Waals surface area contributed by atoms with Gasteiger partial charge in [-0.25, -0.2) is 16.8 Å². The van der Waals surface area contributed by atoms with Crippen molar-refractivity contribution in [3.63, 3.8) is 0 Å². The minimum atomic E-state index is -3.50. The fourth-order valence-corrected chi connectivity index (χ4v) is 6.11. The first-order valence-electron chi connectivity index (χ1n) is 8.66. The number of benzene rings is 2. The summed E-state index contributed by atoms with van der Waals surface area (Å²) in [5.74, 6) is -1.03. The average Bonchev–Trinajstić information content (AvgIpc) is 2.85. The zero-order chi connectivity index (χ0) is 22.3. The van der Waals surface area contributed by atoms with E-state index in [0.29, 0.717) is 32.1 Å². The highest BCUT2D eigenvalue weighted by Gasteiger charge is 2.21. The van der Waals surface area contributed by atoms with Crippen LogP contribution in [0.15, 0.2) is 57.2 Å². The van der Waals surface area contributed by atoms with Gasteiger partial charge in [-0.2, -0.15) is 0 Å². The lowest BCUT2D eigenvalue weighted by Crippen LogP contribution is -2.10. The van der Waals surface area contributed by atoms with Gasteiger partial charge in [-0.15, -0.1) is 0 Å². The molecule has 30 heavy (non-hydrogen) atoms. The summed E-state index contributed by atoms with van der Waals surface area (Å²) in [6, 6.07) is 11.4. The van der Waals surface area contributed by atoms with Crippen LogP contribution in [0.1, 0.15) is 5.69 Å². The molecule has 0 atom stereocenters. The van der Waals surface area contributed by atoms with E-state index >= 15 is 0 Å². The van der Waals surface area contributed by atoms with E-state index in [1.807, 2.05) is 0 Å². The standard InChI is InChI=1S/C19H20N2O6S3/c1-12-19(28-16-6-4-5-7-17(16)29(2,24)25)14-10-13(20-30(3,26)27)8-9-15(14)21(12)11-18(22)23/h4-10,20H,11H2,1-3H3,(H,22,23). The predicted molar refractivity (Wildman–Crippen MR) is 116 cm³/mol. The van der Waals surface area contributed by atoms with Crippen LogP contribution < -0.4 is 4.72 Å². The fourth-order valence-electron chi connectivity index (χ4n) is 3.15. The lowest BCUT2D eigenvalue weighted by molar-refractivity contribution is -0.137. The number of hydrogen-bond donors (Lipinski definition) is 2. The van der Waals surface area contributed by atoms with Crippen LogP contribution in [0.3, 0.4) is 0 Å². The molecule has 11 heteroatoms. The molecular formula is C19H20N2O6S3. The number of carboxylic acid groups (broad SMARTS) is 1. The number of hydrogen-bond acceptors (Lipinski definition) is 6. The van der Waals surface area contributed by atoms with Crippen LogP contribution >= 0.6 is 11.8 Å². The van der Waals surface area contributed by atoms with Gasteiger partial charge in [-0.3, -0.25) is 9.52 Å². The number of nitrogens with zero attached hydrogens (tertiary/aromatic N) is 1. The minimum Gasteiger partial charge on any atom is -0.480 e. The monoisotopic (exact) mass is 468 g/mol. The molecule has 0 unspecified atom stereocenters. The molecule has 0 aliphatic heterocycles. The maximum absolute atomic E-state index is 12.2. The second-order valence-electron chi connectivity index (χ2n) is 6.82. The molecule has 0 aliphatic rings. The molecule has 3 aromatic rings. The number of carbonyl (C=O) groups is 1. The number of nitrogens with one attached hydrogen (secondary N) is 1. The van der Waals surface area contributed by atoms with Crippen LogP contribution in [0.2, 0.25) is 0 Å². The van der Waals surface area contributed by atoms with Crippen molar-refractivity contribution < 1.29 is 26.7 Å². The highest BCUT2D eigenvalue weighted by molar-refractivity contribution is 8.00. The maximum atomic E-state index is 12.2. The van der Waals surface area contributed by atoms with Crippen LogP contribution in [0.4, 0.5) is 5.69 Å². The largest absolute Gasteiger partial charge is 0.480 e. The van der Waals surface area contributed by atoms with Crippen LogP contribution in [-0.4, -0.2) is 45.0 Å². The number of fused-ring (bicyclic) bond motifs is 1. The van der Waals surface area contributed by atoms with E-state index in [1.165, 1.54) is 17.8 Å². The van der Waals surface area contributed by atoms with Crippen molar-refractivity contribution in [1.82, 2.24) is 4.57 Å². The number of anilines is 1. The number of aliphatic carboxylic acids is 1. The second kappa shape index (κ2) is 7.97. The molecule has 8 nitrogen and oxygen atoms in total. The Kier molecular flexibility index (Phi) is 5.89. The van der Waals surface area contributed by atoms with Gasteiger partial charge in [0.1, 0.15) is 6.54 Å². The van der Waals surface area contributed by atoms with Gasteiger partial charge in [-0.05, 0) is 37.3 Å². The Morgan fingerprint density at radius 1 is 1.10 bits per heavy atom. The molecular weight excluding hydrogens is 448 g/mol. The fraction of sp³-hybridized carbons (Fsp3) is 0.211. The molecule has 0 fully saturated rings. The first kappa shape index (κ1) is 22.2. The molecule has 0 radical (unpaired) electrons. The van der Waals surface area contributed by atoms with Crippen LogP contribution in [0.5, 0.6) is 0 Å². The average molecular weight is 469 g/mol. The molecule has 0 spiro atoms. The van der Waals surface area contributed by atoms with Crippen molar-refractivity contribution in [3.05, 3.63) is 48.2 Å². The van der Waals surface area contributed by atoms with E-state index in [2.05, 4.69) is 4.72 Å². The van der Waals surface area contributed by atoms with Crippen molar-refractivity contribution in [1.29, 1.82) is 0 Å². The molecule has 2 aromatic carbocycles. The second-order valence-corrected chi connectivity index (χ2v) is 11.6. The molecule has 0 amide bonds. The molecule has 1 heterocycles.